The molecular weight excluding hydrogens is 300 g/mol. The van der Waals surface area contributed by atoms with Gasteiger partial charge in [-0.25, -0.2) is 0 Å². The molecule has 3 rings (SSSR count). The number of aryl methyl sites for hydroxylation is 1. The summed E-state index contributed by atoms with van der Waals surface area (Å²) in [6.07, 6.45) is 5.74. The van der Waals surface area contributed by atoms with Crippen molar-refractivity contribution in [1.82, 2.24) is 5.32 Å². The molecular formula is C20H26N2O2. The smallest absolute Gasteiger partial charge is 0.0747 e. The van der Waals surface area contributed by atoms with Crippen LogP contribution in [0.25, 0.3) is 5.70 Å². The third-order valence-electron chi connectivity index (χ3n) is 4.47. The van der Waals surface area contributed by atoms with Gasteiger partial charge in [-0.05, 0) is 43.9 Å². The molecule has 2 aliphatic rings. The molecule has 4 nitrogen and oxygen atoms in total. The second-order valence-electron chi connectivity index (χ2n) is 6.53. The van der Waals surface area contributed by atoms with E-state index < -0.39 is 0 Å². The molecule has 1 atom stereocenters. The predicted octanol–water partition coefficient (Wildman–Crippen LogP) is 2.41. The summed E-state index contributed by atoms with van der Waals surface area (Å²) in [5.74, 6) is 6.84. The van der Waals surface area contributed by atoms with Crippen molar-refractivity contribution < 1.29 is 9.47 Å². The fourth-order valence-electron chi connectivity index (χ4n) is 2.92. The number of rotatable bonds is 4. The third kappa shape index (κ3) is 4.53. The van der Waals surface area contributed by atoms with Gasteiger partial charge >= 0.3 is 0 Å². The lowest BCUT2D eigenvalue weighted by molar-refractivity contribution is -0.00300. The van der Waals surface area contributed by atoms with Crippen molar-refractivity contribution in [2.75, 3.05) is 26.4 Å². The molecule has 4 heteroatoms. The van der Waals surface area contributed by atoms with Gasteiger partial charge in [0.05, 0.1) is 30.9 Å². The van der Waals surface area contributed by atoms with Crippen LogP contribution in [0.4, 0.5) is 0 Å². The molecule has 1 aromatic rings. The first-order chi connectivity index (χ1) is 11.7. The van der Waals surface area contributed by atoms with E-state index in [0.29, 0.717) is 12.0 Å². The van der Waals surface area contributed by atoms with Crippen molar-refractivity contribution in [2.24, 2.45) is 11.7 Å². The third-order valence-corrected chi connectivity index (χ3v) is 4.47. The van der Waals surface area contributed by atoms with Gasteiger partial charge in [-0.3, -0.25) is 0 Å². The van der Waals surface area contributed by atoms with Crippen LogP contribution >= 0.6 is 0 Å². The summed E-state index contributed by atoms with van der Waals surface area (Å²) in [6.45, 7) is 5.27. The Kier molecular flexibility index (Phi) is 5.79. The number of hydrogen-bond acceptors (Lipinski definition) is 4. The van der Waals surface area contributed by atoms with Crippen LogP contribution < -0.4 is 11.1 Å². The molecule has 3 N–H and O–H groups in total. The Morgan fingerprint density at radius 2 is 2.25 bits per heavy atom. The van der Waals surface area contributed by atoms with E-state index in [0.717, 1.165) is 55.2 Å². The normalized spacial score (nSPS) is 21.5. The van der Waals surface area contributed by atoms with Gasteiger partial charge in [0.1, 0.15) is 0 Å². The summed E-state index contributed by atoms with van der Waals surface area (Å²) >= 11 is 0. The highest BCUT2D eigenvalue weighted by Gasteiger charge is 2.15. The lowest BCUT2D eigenvalue weighted by Crippen LogP contribution is -2.29. The molecule has 1 aromatic carbocycles. The zero-order chi connectivity index (χ0) is 16.8. The van der Waals surface area contributed by atoms with Crippen LogP contribution in [0.3, 0.4) is 0 Å². The van der Waals surface area contributed by atoms with Gasteiger partial charge in [-0.2, -0.15) is 0 Å². The van der Waals surface area contributed by atoms with Crippen molar-refractivity contribution in [1.29, 1.82) is 0 Å². The Morgan fingerprint density at radius 3 is 2.92 bits per heavy atom. The van der Waals surface area contributed by atoms with Crippen LogP contribution in [0.15, 0.2) is 24.4 Å². The molecule has 0 bridgehead atoms. The maximum Gasteiger partial charge on any atom is 0.0747 e. The molecule has 2 saturated heterocycles. The fraction of sp³-hybridized carbons (Fsp3) is 0.500. The lowest BCUT2D eigenvalue weighted by Gasteiger charge is -2.22. The van der Waals surface area contributed by atoms with Gasteiger partial charge in [0, 0.05) is 30.5 Å². The van der Waals surface area contributed by atoms with E-state index in [1.54, 1.807) is 0 Å². The predicted molar refractivity (Wildman–Crippen MR) is 96.1 cm³/mol. The number of ether oxygens (including phenoxy) is 2. The standard InChI is InChI=1S/C20H26N2O2/c1-15-10-16(5-6-17-13-23-14-17)7-8-19(15)20(21)12-22-11-18-4-2-3-9-24-18/h7-8,10,12,17-18,22H,2-4,9,11,13-14,21H2,1H3/b20-12-. The summed E-state index contributed by atoms with van der Waals surface area (Å²) in [4.78, 5) is 0. The van der Waals surface area contributed by atoms with Gasteiger partial charge in [0.25, 0.3) is 0 Å². The molecule has 1 unspecified atom stereocenters. The van der Waals surface area contributed by atoms with Crippen molar-refractivity contribution >= 4 is 5.70 Å². The average molecular weight is 326 g/mol. The average Bonchev–Trinajstić information content (AvgIpc) is 2.54. The van der Waals surface area contributed by atoms with E-state index in [9.17, 15) is 0 Å². The van der Waals surface area contributed by atoms with Crippen molar-refractivity contribution in [2.45, 2.75) is 32.3 Å². The summed E-state index contributed by atoms with van der Waals surface area (Å²) in [5.41, 5.74) is 10.2. The second kappa shape index (κ2) is 8.23. The van der Waals surface area contributed by atoms with Gasteiger partial charge in [0.2, 0.25) is 0 Å². The van der Waals surface area contributed by atoms with Crippen LogP contribution in [0.5, 0.6) is 0 Å². The van der Waals surface area contributed by atoms with Crippen molar-refractivity contribution in [3.05, 3.63) is 41.1 Å². The maximum atomic E-state index is 6.22. The zero-order valence-electron chi connectivity index (χ0n) is 14.3. The molecule has 0 spiro atoms. The minimum Gasteiger partial charge on any atom is -0.397 e. The van der Waals surface area contributed by atoms with E-state index >= 15 is 0 Å². The molecule has 2 heterocycles. The van der Waals surface area contributed by atoms with Gasteiger partial charge < -0.3 is 20.5 Å². The summed E-state index contributed by atoms with van der Waals surface area (Å²) < 4.78 is 10.8. The highest BCUT2D eigenvalue weighted by atomic mass is 16.5. The molecule has 0 radical (unpaired) electrons. The highest BCUT2D eigenvalue weighted by Crippen LogP contribution is 2.17. The zero-order valence-corrected chi connectivity index (χ0v) is 14.3. The molecule has 0 amide bonds. The van der Waals surface area contributed by atoms with Crippen molar-refractivity contribution in [3.63, 3.8) is 0 Å². The second-order valence-corrected chi connectivity index (χ2v) is 6.53. The van der Waals surface area contributed by atoms with E-state index in [-0.39, 0.29) is 0 Å². The Morgan fingerprint density at radius 1 is 1.38 bits per heavy atom. The largest absolute Gasteiger partial charge is 0.397 e. The Labute approximate surface area is 144 Å². The molecule has 128 valence electrons. The number of hydrogen-bond donors (Lipinski definition) is 2. The quantitative estimate of drug-likeness (QED) is 0.834. The lowest BCUT2D eigenvalue weighted by atomic mass is 10.0. The number of nitrogens with two attached hydrogens (primary N) is 1. The van der Waals surface area contributed by atoms with E-state index in [2.05, 4.69) is 30.1 Å². The van der Waals surface area contributed by atoms with Crippen LogP contribution in [0, 0.1) is 24.7 Å². The molecule has 0 saturated carbocycles. The summed E-state index contributed by atoms with van der Waals surface area (Å²) in [7, 11) is 0. The summed E-state index contributed by atoms with van der Waals surface area (Å²) in [6, 6.07) is 6.16. The number of benzene rings is 1. The minimum atomic E-state index is 0.303. The van der Waals surface area contributed by atoms with E-state index in [1.807, 2.05) is 18.3 Å². The number of nitrogens with one attached hydrogen (secondary N) is 1. The molecule has 2 fully saturated rings. The first kappa shape index (κ1) is 16.9. The molecule has 2 aliphatic heterocycles. The van der Waals surface area contributed by atoms with Gasteiger partial charge in [-0.1, -0.05) is 17.9 Å². The van der Waals surface area contributed by atoms with E-state index in [1.165, 1.54) is 12.8 Å². The maximum absolute atomic E-state index is 6.22. The Balaban J connectivity index is 1.57. The fourth-order valence-corrected chi connectivity index (χ4v) is 2.92. The first-order valence-corrected chi connectivity index (χ1v) is 8.73. The Hall–Kier alpha value is -1.96. The minimum absolute atomic E-state index is 0.303. The van der Waals surface area contributed by atoms with Crippen molar-refractivity contribution in [3.8, 4) is 11.8 Å². The summed E-state index contributed by atoms with van der Waals surface area (Å²) in [5, 5.41) is 3.30. The topological polar surface area (TPSA) is 56.5 Å². The van der Waals surface area contributed by atoms with E-state index in [4.69, 9.17) is 15.2 Å². The first-order valence-electron chi connectivity index (χ1n) is 8.73. The monoisotopic (exact) mass is 326 g/mol. The van der Waals surface area contributed by atoms with Gasteiger partial charge in [-0.15, -0.1) is 0 Å². The van der Waals surface area contributed by atoms with Crippen LogP contribution in [-0.4, -0.2) is 32.5 Å². The molecule has 24 heavy (non-hydrogen) atoms. The van der Waals surface area contributed by atoms with Gasteiger partial charge in [0.15, 0.2) is 0 Å². The molecule has 0 aliphatic carbocycles. The van der Waals surface area contributed by atoms with Crippen LogP contribution in [-0.2, 0) is 9.47 Å². The van der Waals surface area contributed by atoms with Crippen LogP contribution in [0.1, 0.15) is 36.0 Å². The SMILES string of the molecule is Cc1cc(C#CC2COC2)ccc1/C(N)=C/NCC1CCCCO1. The highest BCUT2D eigenvalue weighted by molar-refractivity contribution is 5.66. The van der Waals surface area contributed by atoms with Crippen LogP contribution in [0.2, 0.25) is 0 Å². The Bertz CT molecular complexity index is 647. The molecule has 0 aromatic heterocycles.